The van der Waals surface area contributed by atoms with E-state index in [1.165, 1.54) is 6.20 Å². The zero-order chi connectivity index (χ0) is 12.5. The van der Waals surface area contributed by atoms with E-state index in [1.807, 2.05) is 0 Å². The first kappa shape index (κ1) is 12.7. The molecule has 1 unspecified atom stereocenters. The molecule has 1 heterocycles. The highest BCUT2D eigenvalue weighted by molar-refractivity contribution is 7.89. The Bertz CT molecular complexity index is 489. The van der Waals surface area contributed by atoms with Crippen LogP contribution in [0.25, 0.3) is 0 Å². The Kier molecular flexibility index (Phi) is 3.37. The van der Waals surface area contributed by atoms with Crippen LogP contribution in [0.1, 0.15) is 25.5 Å². The highest BCUT2D eigenvalue weighted by atomic mass is 32.2. The Balaban J connectivity index is 3.32. The van der Waals surface area contributed by atoms with Gasteiger partial charge in [-0.25, -0.2) is 17.4 Å². The minimum atomic E-state index is -3.51. The van der Waals surface area contributed by atoms with Crippen LogP contribution in [0.5, 0.6) is 0 Å². The van der Waals surface area contributed by atoms with Gasteiger partial charge in [0.05, 0.1) is 18.1 Å². The van der Waals surface area contributed by atoms with Gasteiger partial charge < -0.3 is 5.11 Å². The maximum atomic E-state index is 11.4. The van der Waals surface area contributed by atoms with E-state index >= 15 is 0 Å². The van der Waals surface area contributed by atoms with E-state index in [9.17, 15) is 13.2 Å². The lowest BCUT2D eigenvalue weighted by molar-refractivity contribution is -0.140. The molecule has 0 aromatic carbocycles. The summed E-state index contributed by atoms with van der Waals surface area (Å²) < 4.78 is 23.7. The quantitative estimate of drug-likeness (QED) is 0.836. The van der Waals surface area contributed by atoms with E-state index < -0.39 is 21.9 Å². The van der Waals surface area contributed by atoms with Crippen molar-refractivity contribution in [2.75, 3.05) is 6.26 Å². The highest BCUT2D eigenvalue weighted by Crippen LogP contribution is 2.25. The molecule has 0 aliphatic rings. The van der Waals surface area contributed by atoms with Gasteiger partial charge in [0.2, 0.25) is 10.0 Å². The molecule has 0 spiro atoms. The van der Waals surface area contributed by atoms with Crippen molar-refractivity contribution in [2.24, 2.45) is 5.92 Å². The molecule has 6 nitrogen and oxygen atoms in total. The number of nitrogens with zero attached hydrogens (tertiary/aromatic N) is 2. The average molecular weight is 246 g/mol. The zero-order valence-corrected chi connectivity index (χ0v) is 10.1. The third-order valence-electron chi connectivity index (χ3n) is 2.24. The van der Waals surface area contributed by atoms with Crippen LogP contribution in [-0.2, 0) is 14.8 Å². The van der Waals surface area contributed by atoms with Crippen molar-refractivity contribution in [3.63, 3.8) is 0 Å². The fraction of sp³-hybridized carbons (Fsp3) is 0.556. The van der Waals surface area contributed by atoms with Gasteiger partial charge in [-0.1, -0.05) is 13.8 Å². The molecule has 0 fully saturated rings. The molecular weight excluding hydrogens is 232 g/mol. The number of hydrogen-bond donors (Lipinski definition) is 1. The van der Waals surface area contributed by atoms with Gasteiger partial charge in [-0.2, -0.15) is 0 Å². The van der Waals surface area contributed by atoms with Gasteiger partial charge in [0, 0.05) is 0 Å². The average Bonchev–Trinajstić information content (AvgIpc) is 2.49. The monoisotopic (exact) mass is 246 g/mol. The molecule has 0 saturated heterocycles. The Morgan fingerprint density at radius 3 is 2.44 bits per heavy atom. The second-order valence-corrected chi connectivity index (χ2v) is 5.80. The minimum absolute atomic E-state index is 0.185. The Morgan fingerprint density at radius 2 is 2.06 bits per heavy atom. The summed E-state index contributed by atoms with van der Waals surface area (Å²) in [4.78, 5) is 14.8. The number of carboxylic acid groups (broad SMARTS) is 1. The number of hydrogen-bond acceptors (Lipinski definition) is 4. The molecule has 7 heteroatoms. The molecule has 0 radical (unpaired) electrons. The Morgan fingerprint density at radius 1 is 1.50 bits per heavy atom. The van der Waals surface area contributed by atoms with Gasteiger partial charge in [-0.15, -0.1) is 0 Å². The molecule has 0 amide bonds. The van der Waals surface area contributed by atoms with Crippen LogP contribution in [0.4, 0.5) is 0 Å². The van der Waals surface area contributed by atoms with Crippen LogP contribution in [0, 0.1) is 5.92 Å². The molecule has 1 atom stereocenters. The molecule has 0 aliphatic heterocycles. The van der Waals surface area contributed by atoms with E-state index in [1.54, 1.807) is 13.8 Å². The van der Waals surface area contributed by atoms with E-state index in [4.69, 9.17) is 5.11 Å². The first-order chi connectivity index (χ1) is 7.25. The molecule has 0 bridgehead atoms. The summed E-state index contributed by atoms with van der Waals surface area (Å²) in [6, 6.07) is 0. The van der Waals surface area contributed by atoms with Crippen LogP contribution in [-0.4, -0.2) is 34.7 Å². The lowest BCUT2D eigenvalue weighted by Crippen LogP contribution is -2.23. The van der Waals surface area contributed by atoms with Gasteiger partial charge in [0.1, 0.15) is 12.2 Å². The molecule has 1 N–H and O–H groups in total. The predicted molar refractivity (Wildman–Crippen MR) is 57.7 cm³/mol. The summed E-state index contributed by atoms with van der Waals surface area (Å²) in [5.41, 5.74) is 0.185. The zero-order valence-electron chi connectivity index (χ0n) is 9.28. The SMILES string of the molecule is CC(C)C(C(=O)O)c1cncn1S(C)(=O)=O. The van der Waals surface area contributed by atoms with E-state index in [0.717, 1.165) is 16.6 Å². The second-order valence-electron chi connectivity index (χ2n) is 3.94. The van der Waals surface area contributed by atoms with Crippen LogP contribution in [0.3, 0.4) is 0 Å². The lowest BCUT2D eigenvalue weighted by atomic mass is 9.93. The summed E-state index contributed by atoms with van der Waals surface area (Å²) in [5.74, 6) is -2.15. The summed E-state index contributed by atoms with van der Waals surface area (Å²) in [5, 5.41) is 9.07. The van der Waals surface area contributed by atoms with E-state index in [0.29, 0.717) is 0 Å². The van der Waals surface area contributed by atoms with Gasteiger partial charge in [-0.05, 0) is 5.92 Å². The molecule has 1 rings (SSSR count). The van der Waals surface area contributed by atoms with Crippen molar-refractivity contribution in [1.29, 1.82) is 0 Å². The van der Waals surface area contributed by atoms with Crippen LogP contribution < -0.4 is 0 Å². The van der Waals surface area contributed by atoms with Crippen molar-refractivity contribution in [2.45, 2.75) is 19.8 Å². The van der Waals surface area contributed by atoms with Crippen LogP contribution >= 0.6 is 0 Å². The largest absolute Gasteiger partial charge is 0.481 e. The second kappa shape index (κ2) is 4.25. The molecule has 0 aliphatic carbocycles. The van der Waals surface area contributed by atoms with Crippen molar-refractivity contribution in [1.82, 2.24) is 8.96 Å². The fourth-order valence-electron chi connectivity index (χ4n) is 1.54. The highest BCUT2D eigenvalue weighted by Gasteiger charge is 2.29. The van der Waals surface area contributed by atoms with Crippen molar-refractivity contribution in [3.8, 4) is 0 Å². The standard InChI is InChI=1S/C9H14N2O4S/c1-6(2)8(9(12)13)7-4-10-5-11(7)16(3,14)15/h4-6,8H,1-3H3,(H,12,13). The van der Waals surface area contributed by atoms with Crippen molar-refractivity contribution >= 4 is 16.0 Å². The molecular formula is C9H14N2O4S. The van der Waals surface area contributed by atoms with Crippen molar-refractivity contribution in [3.05, 3.63) is 18.2 Å². The molecule has 90 valence electrons. The first-order valence-corrected chi connectivity index (χ1v) is 6.55. The fourth-order valence-corrected chi connectivity index (χ4v) is 2.31. The topological polar surface area (TPSA) is 89.3 Å². The van der Waals surface area contributed by atoms with Gasteiger partial charge in [-0.3, -0.25) is 4.79 Å². The van der Waals surface area contributed by atoms with Gasteiger partial charge >= 0.3 is 5.97 Å². The van der Waals surface area contributed by atoms with Gasteiger partial charge in [0.25, 0.3) is 0 Å². The Labute approximate surface area is 94.0 Å². The third kappa shape index (κ3) is 2.41. The summed E-state index contributed by atoms with van der Waals surface area (Å²) in [6.07, 6.45) is 3.40. The summed E-state index contributed by atoms with van der Waals surface area (Å²) >= 11 is 0. The number of aromatic nitrogens is 2. The summed E-state index contributed by atoms with van der Waals surface area (Å²) in [7, 11) is -3.51. The normalized spacial score (nSPS) is 14.0. The molecule has 1 aromatic rings. The maximum Gasteiger partial charge on any atom is 0.312 e. The first-order valence-electron chi connectivity index (χ1n) is 4.70. The number of carbonyl (C=O) groups is 1. The van der Waals surface area contributed by atoms with Crippen LogP contribution in [0.2, 0.25) is 0 Å². The number of rotatable bonds is 4. The van der Waals surface area contributed by atoms with E-state index in [-0.39, 0.29) is 11.6 Å². The molecule has 0 saturated carbocycles. The smallest absolute Gasteiger partial charge is 0.312 e. The van der Waals surface area contributed by atoms with E-state index in [2.05, 4.69) is 4.98 Å². The van der Waals surface area contributed by atoms with Crippen LogP contribution in [0.15, 0.2) is 12.5 Å². The number of imidazole rings is 1. The number of aliphatic carboxylic acids is 1. The maximum absolute atomic E-state index is 11.4. The molecule has 16 heavy (non-hydrogen) atoms. The minimum Gasteiger partial charge on any atom is -0.481 e. The number of carboxylic acids is 1. The van der Waals surface area contributed by atoms with Gasteiger partial charge in [0.15, 0.2) is 0 Å². The predicted octanol–water partition coefficient (Wildman–Crippen LogP) is 0.515. The third-order valence-corrected chi connectivity index (χ3v) is 3.26. The van der Waals surface area contributed by atoms with Crippen molar-refractivity contribution < 1.29 is 18.3 Å². The lowest BCUT2D eigenvalue weighted by Gasteiger charge is -2.17. The Hall–Kier alpha value is -1.37. The molecule has 1 aromatic heterocycles. The summed E-state index contributed by atoms with van der Waals surface area (Å²) in [6.45, 7) is 3.44.